The Labute approximate surface area is 69.4 Å². The fraction of sp³-hybridized carbons (Fsp3) is 1.00. The molecule has 0 amide bonds. The van der Waals surface area contributed by atoms with Gasteiger partial charge >= 0.3 is 7.12 Å². The Bertz CT molecular complexity index is 119. The van der Waals surface area contributed by atoms with E-state index in [1.54, 1.807) is 0 Å². The van der Waals surface area contributed by atoms with E-state index in [0.717, 1.165) is 13.2 Å². The predicted octanol–water partition coefficient (Wildman–Crippen LogP) is 1.96. The quantitative estimate of drug-likeness (QED) is 0.569. The van der Waals surface area contributed by atoms with Crippen LogP contribution < -0.4 is 0 Å². The van der Waals surface area contributed by atoms with E-state index in [9.17, 15) is 0 Å². The van der Waals surface area contributed by atoms with Crippen LogP contribution in [0.4, 0.5) is 0 Å². The minimum absolute atomic E-state index is 0.0000638. The average Bonchev–Trinajstić information content (AvgIpc) is 1.97. The Morgan fingerprint density at radius 2 is 1.91 bits per heavy atom. The largest absolute Gasteiger partial charge is 0.453 e. The number of hydrogen-bond acceptors (Lipinski definition) is 2. The highest BCUT2D eigenvalue weighted by Gasteiger charge is 2.31. The minimum atomic E-state index is -0.0000638. The molecule has 0 aromatic rings. The summed E-state index contributed by atoms with van der Waals surface area (Å²) in [6, 6.07) is 0. The molecular weight excluding hydrogens is 139 g/mol. The molecule has 1 saturated heterocycles. The zero-order chi connectivity index (χ0) is 8.32. The van der Waals surface area contributed by atoms with Gasteiger partial charge in [-0.3, -0.25) is 0 Å². The zero-order valence-corrected chi connectivity index (χ0v) is 7.72. The summed E-state index contributed by atoms with van der Waals surface area (Å²) in [6.07, 6.45) is 2.40. The molecule has 0 radical (unpaired) electrons. The van der Waals surface area contributed by atoms with Gasteiger partial charge in [-0.1, -0.05) is 20.3 Å². The van der Waals surface area contributed by atoms with Crippen LogP contribution in [-0.2, 0) is 9.31 Å². The highest BCUT2D eigenvalue weighted by atomic mass is 16.6. The lowest BCUT2D eigenvalue weighted by Crippen LogP contribution is -2.40. The first-order valence-corrected chi connectivity index (χ1v) is 4.39. The van der Waals surface area contributed by atoms with Crippen LogP contribution in [0, 0.1) is 5.41 Å². The Morgan fingerprint density at radius 3 is 2.36 bits per heavy atom. The maximum absolute atomic E-state index is 5.42. The molecule has 1 rings (SSSR count). The van der Waals surface area contributed by atoms with Crippen LogP contribution in [0.15, 0.2) is 0 Å². The van der Waals surface area contributed by atoms with Gasteiger partial charge in [-0.05, 0) is 13.2 Å². The van der Waals surface area contributed by atoms with Gasteiger partial charge in [0.15, 0.2) is 0 Å². The summed E-state index contributed by atoms with van der Waals surface area (Å²) >= 11 is 0. The Hall–Kier alpha value is -0.0151. The summed E-state index contributed by atoms with van der Waals surface area (Å²) in [5.41, 5.74) is 0.265. The molecule has 0 aromatic carbocycles. The molecule has 64 valence electrons. The molecule has 1 aliphatic rings. The topological polar surface area (TPSA) is 18.5 Å². The van der Waals surface area contributed by atoms with Gasteiger partial charge in [-0.25, -0.2) is 0 Å². The summed E-state index contributed by atoms with van der Waals surface area (Å²) in [4.78, 5) is 0. The van der Waals surface area contributed by atoms with Gasteiger partial charge in [0.2, 0.25) is 0 Å². The molecule has 0 spiro atoms. The molecular formula is C8H17BO2. The highest BCUT2D eigenvalue weighted by Crippen LogP contribution is 2.27. The monoisotopic (exact) mass is 156 g/mol. The third-order valence-electron chi connectivity index (χ3n) is 2.19. The molecule has 3 heteroatoms. The van der Waals surface area contributed by atoms with Gasteiger partial charge in [-0.15, -0.1) is 0 Å². The van der Waals surface area contributed by atoms with Crippen molar-refractivity contribution in [2.75, 3.05) is 13.2 Å². The van der Waals surface area contributed by atoms with Crippen molar-refractivity contribution in [2.24, 2.45) is 5.41 Å². The molecule has 1 aliphatic heterocycles. The molecule has 0 aromatic heterocycles. The molecule has 0 aliphatic carbocycles. The van der Waals surface area contributed by atoms with Crippen LogP contribution in [0.25, 0.3) is 0 Å². The SMILES string of the molecule is CCCC1(C)COB(C)OC1. The van der Waals surface area contributed by atoms with Crippen LogP contribution in [0.3, 0.4) is 0 Å². The number of rotatable bonds is 2. The second-order valence-corrected chi connectivity index (χ2v) is 3.75. The standard InChI is InChI=1S/C8H17BO2/c1-4-5-8(2)6-10-9(3)11-7-8/h4-7H2,1-3H3. The van der Waals surface area contributed by atoms with E-state index in [0.29, 0.717) is 0 Å². The van der Waals surface area contributed by atoms with Gasteiger partial charge in [0, 0.05) is 18.6 Å². The summed E-state index contributed by atoms with van der Waals surface area (Å²) in [5, 5.41) is 0. The molecule has 1 heterocycles. The van der Waals surface area contributed by atoms with Crippen LogP contribution in [0.2, 0.25) is 6.82 Å². The third-order valence-corrected chi connectivity index (χ3v) is 2.19. The van der Waals surface area contributed by atoms with E-state index >= 15 is 0 Å². The van der Waals surface area contributed by atoms with Crippen molar-refractivity contribution in [1.29, 1.82) is 0 Å². The van der Waals surface area contributed by atoms with Crippen LogP contribution >= 0.6 is 0 Å². The van der Waals surface area contributed by atoms with Crippen molar-refractivity contribution in [1.82, 2.24) is 0 Å². The second-order valence-electron chi connectivity index (χ2n) is 3.75. The second kappa shape index (κ2) is 3.59. The Kier molecular flexibility index (Phi) is 2.96. The van der Waals surface area contributed by atoms with E-state index in [1.807, 2.05) is 6.82 Å². The first-order chi connectivity index (χ1) is 5.16. The Morgan fingerprint density at radius 1 is 1.36 bits per heavy atom. The third kappa shape index (κ3) is 2.49. The van der Waals surface area contributed by atoms with E-state index in [1.165, 1.54) is 12.8 Å². The van der Waals surface area contributed by atoms with Crippen LogP contribution in [0.5, 0.6) is 0 Å². The fourth-order valence-corrected chi connectivity index (χ4v) is 1.47. The van der Waals surface area contributed by atoms with Crippen LogP contribution in [0.1, 0.15) is 26.7 Å². The first-order valence-electron chi connectivity index (χ1n) is 4.39. The lowest BCUT2D eigenvalue weighted by molar-refractivity contribution is 0.0131. The maximum atomic E-state index is 5.42. The van der Waals surface area contributed by atoms with Gasteiger partial charge in [0.1, 0.15) is 0 Å². The van der Waals surface area contributed by atoms with E-state index < -0.39 is 0 Å². The lowest BCUT2D eigenvalue weighted by Gasteiger charge is -2.35. The molecule has 0 unspecified atom stereocenters. The fourth-order valence-electron chi connectivity index (χ4n) is 1.47. The van der Waals surface area contributed by atoms with Crippen molar-refractivity contribution in [3.63, 3.8) is 0 Å². The summed E-state index contributed by atoms with van der Waals surface area (Å²) < 4.78 is 10.8. The van der Waals surface area contributed by atoms with Crippen molar-refractivity contribution in [3.05, 3.63) is 0 Å². The van der Waals surface area contributed by atoms with Crippen LogP contribution in [-0.4, -0.2) is 20.3 Å². The van der Waals surface area contributed by atoms with Crippen molar-refractivity contribution in [2.45, 2.75) is 33.5 Å². The molecule has 0 atom stereocenters. The predicted molar refractivity (Wildman–Crippen MR) is 46.5 cm³/mol. The minimum Gasteiger partial charge on any atom is -0.411 e. The maximum Gasteiger partial charge on any atom is 0.453 e. The van der Waals surface area contributed by atoms with E-state index in [2.05, 4.69) is 13.8 Å². The normalized spacial score (nSPS) is 23.7. The van der Waals surface area contributed by atoms with Gasteiger partial charge in [-0.2, -0.15) is 0 Å². The summed E-state index contributed by atoms with van der Waals surface area (Å²) in [5.74, 6) is 0. The smallest absolute Gasteiger partial charge is 0.411 e. The number of hydrogen-bond donors (Lipinski definition) is 0. The van der Waals surface area contributed by atoms with Crippen molar-refractivity contribution in [3.8, 4) is 0 Å². The first kappa shape index (κ1) is 9.08. The van der Waals surface area contributed by atoms with Gasteiger partial charge < -0.3 is 9.31 Å². The molecule has 0 N–H and O–H groups in total. The molecule has 2 nitrogen and oxygen atoms in total. The lowest BCUT2D eigenvalue weighted by atomic mass is 9.82. The molecule has 1 fully saturated rings. The molecule has 0 bridgehead atoms. The average molecular weight is 156 g/mol. The molecule has 11 heavy (non-hydrogen) atoms. The van der Waals surface area contributed by atoms with E-state index in [4.69, 9.17) is 9.31 Å². The summed E-state index contributed by atoms with van der Waals surface area (Å²) in [6.45, 7) is 8.07. The van der Waals surface area contributed by atoms with E-state index in [-0.39, 0.29) is 12.5 Å². The van der Waals surface area contributed by atoms with Crippen molar-refractivity contribution < 1.29 is 9.31 Å². The van der Waals surface area contributed by atoms with Crippen molar-refractivity contribution >= 4 is 7.12 Å². The highest BCUT2D eigenvalue weighted by molar-refractivity contribution is 6.42. The Balaban J connectivity index is 2.35. The van der Waals surface area contributed by atoms with Gasteiger partial charge in [0.25, 0.3) is 0 Å². The molecule has 0 saturated carbocycles. The summed E-state index contributed by atoms with van der Waals surface area (Å²) in [7, 11) is -0.0000638. The zero-order valence-electron chi connectivity index (χ0n) is 7.72. The van der Waals surface area contributed by atoms with Gasteiger partial charge in [0.05, 0.1) is 0 Å².